The van der Waals surface area contributed by atoms with Crippen LogP contribution in [0.25, 0.3) is 23.1 Å². The number of benzene rings is 1. The van der Waals surface area contributed by atoms with Crippen molar-refractivity contribution in [1.29, 1.82) is 0 Å². The van der Waals surface area contributed by atoms with Gasteiger partial charge in [-0.1, -0.05) is 91.4 Å². The summed E-state index contributed by atoms with van der Waals surface area (Å²) < 4.78 is 36.5. The number of ether oxygens (including phenoxy) is 1. The number of anilines is 3. The number of unbranched alkanes of at least 4 members (excludes halogenated alkanes) is 11. The van der Waals surface area contributed by atoms with Crippen LogP contribution in [0, 0.1) is 0 Å². The second kappa shape index (κ2) is 21.1. The molecule has 0 aliphatic rings. The number of nitrogens with zero attached hydrogens (tertiary/aromatic N) is 5. The van der Waals surface area contributed by atoms with Crippen LogP contribution in [-0.4, -0.2) is 60.1 Å². The lowest BCUT2D eigenvalue weighted by Gasteiger charge is -2.20. The molecule has 0 bridgehead atoms. The van der Waals surface area contributed by atoms with E-state index in [2.05, 4.69) is 58.0 Å². The van der Waals surface area contributed by atoms with Crippen molar-refractivity contribution < 1.29 is 17.9 Å². The van der Waals surface area contributed by atoms with E-state index in [4.69, 9.17) is 9.84 Å². The number of nitrogens with one attached hydrogen (secondary N) is 2. The molecule has 0 saturated carbocycles. The average Bonchev–Trinajstić information content (AvgIpc) is 3.85. The molecule has 0 radical (unpaired) electrons. The lowest BCUT2D eigenvalue weighted by molar-refractivity contribution is -0.116. The van der Waals surface area contributed by atoms with Crippen molar-refractivity contribution in [3.8, 4) is 17.1 Å². The normalized spacial score (nSPS) is 12.1. The summed E-state index contributed by atoms with van der Waals surface area (Å²) in [5.41, 5.74) is 1.29. The number of sulfonamides is 1. The number of methoxy groups -OCH3 is 1. The highest BCUT2D eigenvalue weighted by Gasteiger charge is 2.22. The van der Waals surface area contributed by atoms with Gasteiger partial charge in [0.15, 0.2) is 17.3 Å². The molecule has 2 N–H and O–H groups in total. The maximum Gasteiger partial charge on any atom is 0.232 e. The summed E-state index contributed by atoms with van der Waals surface area (Å²) in [4.78, 5) is 16.3. The minimum atomic E-state index is -3.64. The molecule has 0 aliphatic heterocycles. The summed E-state index contributed by atoms with van der Waals surface area (Å²) in [6, 6.07) is 9.32. The Morgan fingerprint density at radius 1 is 0.885 bits per heavy atom. The smallest absolute Gasteiger partial charge is 0.232 e. The van der Waals surface area contributed by atoms with Crippen molar-refractivity contribution in [3.63, 3.8) is 0 Å². The molecule has 4 rings (SSSR count). The Hall–Kier alpha value is -3.71. The Morgan fingerprint density at radius 2 is 1.58 bits per heavy atom. The third-order valence-electron chi connectivity index (χ3n) is 9.23. The van der Waals surface area contributed by atoms with E-state index in [9.17, 15) is 13.2 Å². The predicted molar refractivity (Wildman–Crippen MR) is 216 cm³/mol. The molecule has 0 unspecified atom stereocenters. The van der Waals surface area contributed by atoms with Gasteiger partial charge < -0.3 is 15.0 Å². The molecule has 11 nitrogen and oxygen atoms in total. The van der Waals surface area contributed by atoms with E-state index in [0.29, 0.717) is 52.4 Å². The molecule has 0 atom stereocenters. The molecule has 3 heterocycles. The molecule has 13 heteroatoms. The summed E-state index contributed by atoms with van der Waals surface area (Å²) in [5, 5.41) is 18.6. The van der Waals surface area contributed by atoms with Gasteiger partial charge in [0, 0.05) is 30.0 Å². The van der Waals surface area contributed by atoms with Crippen LogP contribution < -0.4 is 24.9 Å². The Morgan fingerprint density at radius 3 is 2.25 bits per heavy atom. The Bertz CT molecular complexity index is 1850. The number of fused-ring (bicyclic) bond motifs is 1. The first-order valence-corrected chi connectivity index (χ1v) is 21.8. The topological polar surface area (TPSA) is 131 Å². The number of hydrogen-bond donors (Lipinski definition) is 2. The Kier molecular flexibility index (Phi) is 16.7. The third-order valence-corrected chi connectivity index (χ3v) is 11.7. The third kappa shape index (κ3) is 11.9. The van der Waals surface area contributed by atoms with E-state index in [1.165, 1.54) is 43.5 Å². The highest BCUT2D eigenvalue weighted by molar-refractivity contribution is 7.92. The highest BCUT2D eigenvalue weighted by atomic mass is 32.2. The summed E-state index contributed by atoms with van der Waals surface area (Å²) >= 11 is 1.68. The fraction of sp³-hybridized carbons (Fsp3) is 0.590. The SMILES string of the molecule is CCCCCCCCCCCCS(=O)(=O)Nc1ccc(OC)cc1-c1nnc2/c(=C\c3ccc(N(CC)CCCC)s3)c(NC(=O)CCCC)nn12. The van der Waals surface area contributed by atoms with Gasteiger partial charge in [-0.2, -0.15) is 4.52 Å². The van der Waals surface area contributed by atoms with E-state index < -0.39 is 10.0 Å². The van der Waals surface area contributed by atoms with Crippen LogP contribution >= 0.6 is 11.3 Å². The highest BCUT2D eigenvalue weighted by Crippen LogP contribution is 2.32. The zero-order chi connectivity index (χ0) is 37.3. The minimum Gasteiger partial charge on any atom is -0.497 e. The van der Waals surface area contributed by atoms with Gasteiger partial charge in [-0.3, -0.25) is 9.52 Å². The number of rotatable bonds is 25. The standard InChI is InChI=1S/C39H59N7O4S2/c1-6-10-13-14-15-16-17-18-19-20-27-52(48,49)44-34-24-22-30(50-5)28-32(34)38-41-42-39-33(37(43-46(38)39)40-35(47)21-11-7-2)29-31-23-25-36(51-31)45(9-4)26-12-8-3/h22-25,28-29,44H,6-21,26-27H2,1-5H3,(H,40,43,47)/b33-29-. The van der Waals surface area contributed by atoms with E-state index in [-0.39, 0.29) is 11.7 Å². The molecular formula is C39H59N7O4S2. The molecule has 3 aromatic heterocycles. The zero-order valence-corrected chi connectivity index (χ0v) is 33.5. The van der Waals surface area contributed by atoms with Gasteiger partial charge in [-0.25, -0.2) is 8.42 Å². The van der Waals surface area contributed by atoms with E-state index in [0.717, 1.165) is 62.9 Å². The molecule has 1 aromatic carbocycles. The fourth-order valence-corrected chi connectivity index (χ4v) is 8.39. The van der Waals surface area contributed by atoms with Gasteiger partial charge in [0.1, 0.15) is 5.75 Å². The number of hydrogen-bond acceptors (Lipinski definition) is 9. The molecule has 1 amide bonds. The van der Waals surface area contributed by atoms with Gasteiger partial charge in [0.2, 0.25) is 15.9 Å². The lowest BCUT2D eigenvalue weighted by Crippen LogP contribution is -2.22. The average molecular weight is 754 g/mol. The molecule has 0 spiro atoms. The predicted octanol–water partition coefficient (Wildman–Crippen LogP) is 8.83. The maximum atomic E-state index is 13.3. The van der Waals surface area contributed by atoms with E-state index >= 15 is 0 Å². The van der Waals surface area contributed by atoms with Crippen LogP contribution in [-0.2, 0) is 14.8 Å². The van der Waals surface area contributed by atoms with Crippen molar-refractivity contribution in [2.24, 2.45) is 0 Å². The number of aromatic nitrogens is 4. The summed E-state index contributed by atoms with van der Waals surface area (Å²) in [5.74, 6) is 1.15. The van der Waals surface area contributed by atoms with Crippen LogP contribution in [0.5, 0.6) is 5.75 Å². The number of thiophene rings is 1. The van der Waals surface area contributed by atoms with E-state index in [1.807, 2.05) is 13.0 Å². The molecule has 0 saturated heterocycles. The molecule has 0 fully saturated rings. The summed E-state index contributed by atoms with van der Waals surface area (Å²) in [7, 11) is -2.09. The number of amides is 1. The number of carbonyl (C=O) groups is 1. The summed E-state index contributed by atoms with van der Waals surface area (Å²) in [6.07, 6.45) is 17.5. The summed E-state index contributed by atoms with van der Waals surface area (Å²) in [6.45, 7) is 10.5. The molecule has 52 heavy (non-hydrogen) atoms. The maximum absolute atomic E-state index is 13.3. The second-order valence-corrected chi connectivity index (χ2v) is 16.4. The quantitative estimate of drug-likeness (QED) is 0.0643. The lowest BCUT2D eigenvalue weighted by atomic mass is 10.1. The van der Waals surface area contributed by atoms with Crippen molar-refractivity contribution >= 4 is 55.5 Å². The number of carbonyl (C=O) groups excluding carboxylic acids is 1. The van der Waals surface area contributed by atoms with Crippen LogP contribution in [0.15, 0.2) is 30.3 Å². The first kappa shape index (κ1) is 41.1. The fourth-order valence-electron chi connectivity index (χ4n) is 6.15. The first-order valence-electron chi connectivity index (χ1n) is 19.3. The van der Waals surface area contributed by atoms with Crippen molar-refractivity contribution in [2.75, 3.05) is 40.9 Å². The van der Waals surface area contributed by atoms with Gasteiger partial charge in [-0.05, 0) is 62.6 Å². The van der Waals surface area contributed by atoms with Crippen molar-refractivity contribution in [2.45, 2.75) is 124 Å². The second-order valence-electron chi connectivity index (χ2n) is 13.4. The van der Waals surface area contributed by atoms with Gasteiger partial charge in [-0.15, -0.1) is 26.6 Å². The van der Waals surface area contributed by atoms with Crippen LogP contribution in [0.2, 0.25) is 0 Å². The van der Waals surface area contributed by atoms with Gasteiger partial charge >= 0.3 is 0 Å². The van der Waals surface area contributed by atoms with Crippen LogP contribution in [0.1, 0.15) is 129 Å². The molecule has 286 valence electrons. The van der Waals surface area contributed by atoms with Gasteiger partial charge in [0.05, 0.1) is 28.8 Å². The van der Waals surface area contributed by atoms with Crippen LogP contribution in [0.3, 0.4) is 0 Å². The van der Waals surface area contributed by atoms with Crippen molar-refractivity contribution in [1.82, 2.24) is 19.8 Å². The first-order chi connectivity index (χ1) is 25.2. The molecule has 0 aliphatic carbocycles. The minimum absolute atomic E-state index is 0.0304. The van der Waals surface area contributed by atoms with Crippen LogP contribution in [0.4, 0.5) is 16.5 Å². The Balaban J connectivity index is 1.61. The monoisotopic (exact) mass is 753 g/mol. The van der Waals surface area contributed by atoms with Gasteiger partial charge in [0.25, 0.3) is 0 Å². The molecule has 4 aromatic rings. The zero-order valence-electron chi connectivity index (χ0n) is 31.9. The van der Waals surface area contributed by atoms with Crippen molar-refractivity contribution in [3.05, 3.63) is 40.4 Å². The van der Waals surface area contributed by atoms with E-state index in [1.54, 1.807) is 41.2 Å². The molecular weight excluding hydrogens is 695 g/mol. The Labute approximate surface area is 314 Å². The largest absolute Gasteiger partial charge is 0.497 e.